The van der Waals surface area contributed by atoms with E-state index in [1.807, 2.05) is 48.5 Å². The van der Waals surface area contributed by atoms with Crippen LogP contribution in [0.15, 0.2) is 90.1 Å². The van der Waals surface area contributed by atoms with Crippen molar-refractivity contribution in [3.05, 3.63) is 101 Å². The van der Waals surface area contributed by atoms with E-state index in [1.165, 1.54) is 0 Å². The number of aromatic nitrogens is 2. The molecule has 1 N–H and O–H groups in total. The summed E-state index contributed by atoms with van der Waals surface area (Å²) in [6.07, 6.45) is 0. The van der Waals surface area contributed by atoms with Crippen LogP contribution in [0.25, 0.3) is 11.3 Å². The first-order valence-corrected chi connectivity index (χ1v) is 13.1. The van der Waals surface area contributed by atoms with Crippen LogP contribution in [-0.4, -0.2) is 47.2 Å². The van der Waals surface area contributed by atoms with Crippen LogP contribution in [0.4, 0.5) is 11.5 Å². The van der Waals surface area contributed by atoms with E-state index in [9.17, 15) is 4.79 Å². The van der Waals surface area contributed by atoms with E-state index in [2.05, 4.69) is 34.1 Å². The van der Waals surface area contributed by atoms with Gasteiger partial charge < -0.3 is 14.9 Å². The summed E-state index contributed by atoms with van der Waals surface area (Å²) in [6.45, 7) is 3.37. The molecular formula is C28H25ClN4O2S. The first kappa shape index (κ1) is 24.2. The van der Waals surface area contributed by atoms with Crippen LogP contribution in [-0.2, 0) is 5.75 Å². The number of nitrogens with zero attached hydrogens (tertiary/aromatic N) is 4. The zero-order valence-corrected chi connectivity index (χ0v) is 21.1. The number of para-hydroxylation sites is 1. The van der Waals surface area contributed by atoms with Gasteiger partial charge in [-0.25, -0.2) is 14.8 Å². The van der Waals surface area contributed by atoms with Gasteiger partial charge in [-0.1, -0.05) is 78.0 Å². The van der Waals surface area contributed by atoms with Crippen LogP contribution in [0.2, 0.25) is 5.02 Å². The third-order valence-electron chi connectivity index (χ3n) is 6.13. The second-order valence-corrected chi connectivity index (χ2v) is 9.83. The Bertz CT molecular complexity index is 1340. The van der Waals surface area contributed by atoms with Gasteiger partial charge in [0.05, 0.1) is 22.0 Å². The van der Waals surface area contributed by atoms with Gasteiger partial charge in [0.2, 0.25) is 0 Å². The first-order chi connectivity index (χ1) is 17.6. The molecule has 5 rings (SSSR count). The van der Waals surface area contributed by atoms with Crippen molar-refractivity contribution in [1.82, 2.24) is 9.97 Å². The molecule has 0 radical (unpaired) electrons. The second-order valence-electron chi connectivity index (χ2n) is 8.48. The van der Waals surface area contributed by atoms with Gasteiger partial charge in [-0.05, 0) is 29.8 Å². The lowest BCUT2D eigenvalue weighted by molar-refractivity contribution is 0.0697. The number of benzene rings is 3. The van der Waals surface area contributed by atoms with E-state index < -0.39 is 5.97 Å². The molecule has 4 aromatic rings. The highest BCUT2D eigenvalue weighted by atomic mass is 35.5. The average molecular weight is 517 g/mol. The quantitative estimate of drug-likeness (QED) is 0.234. The lowest BCUT2D eigenvalue weighted by atomic mass is 10.1. The van der Waals surface area contributed by atoms with E-state index in [0.717, 1.165) is 59.5 Å². The minimum atomic E-state index is -0.924. The monoisotopic (exact) mass is 516 g/mol. The van der Waals surface area contributed by atoms with Crippen molar-refractivity contribution in [2.75, 3.05) is 36.0 Å². The molecule has 0 saturated carbocycles. The molecule has 182 valence electrons. The molecule has 6 nitrogen and oxygen atoms in total. The van der Waals surface area contributed by atoms with Gasteiger partial charge in [0, 0.05) is 43.6 Å². The summed E-state index contributed by atoms with van der Waals surface area (Å²) in [4.78, 5) is 25.5. The average Bonchev–Trinajstić information content (AvgIpc) is 2.93. The summed E-state index contributed by atoms with van der Waals surface area (Å²) in [6, 6.07) is 27.1. The minimum absolute atomic E-state index is 0.282. The van der Waals surface area contributed by atoms with Gasteiger partial charge in [0.25, 0.3) is 0 Å². The Morgan fingerprint density at radius 2 is 1.53 bits per heavy atom. The van der Waals surface area contributed by atoms with Gasteiger partial charge in [-0.2, -0.15) is 0 Å². The number of aromatic carboxylic acids is 1. The number of carboxylic acids is 1. The summed E-state index contributed by atoms with van der Waals surface area (Å²) in [5.74, 6) is 0.636. The normalized spacial score (nSPS) is 13.6. The summed E-state index contributed by atoms with van der Waals surface area (Å²) >= 11 is 7.97. The number of carbonyl (C=O) groups is 1. The molecule has 8 heteroatoms. The molecule has 0 amide bonds. The van der Waals surface area contributed by atoms with Gasteiger partial charge in [0.1, 0.15) is 5.82 Å². The Balaban J connectivity index is 1.36. The maximum Gasteiger partial charge on any atom is 0.335 e. The van der Waals surface area contributed by atoms with Crippen molar-refractivity contribution in [3.63, 3.8) is 0 Å². The van der Waals surface area contributed by atoms with Gasteiger partial charge in [-0.3, -0.25) is 0 Å². The van der Waals surface area contributed by atoms with E-state index in [4.69, 9.17) is 26.7 Å². The van der Waals surface area contributed by atoms with Crippen molar-refractivity contribution in [2.24, 2.45) is 0 Å². The molecule has 2 heterocycles. The highest BCUT2D eigenvalue weighted by Gasteiger charge is 2.21. The molecule has 3 aromatic carbocycles. The summed E-state index contributed by atoms with van der Waals surface area (Å²) < 4.78 is 0. The molecule has 1 fully saturated rings. The fourth-order valence-corrected chi connectivity index (χ4v) is 5.24. The lowest BCUT2D eigenvalue weighted by Gasteiger charge is -2.37. The predicted octanol–water partition coefficient (Wildman–Crippen LogP) is 6.11. The molecule has 1 saturated heterocycles. The van der Waals surface area contributed by atoms with E-state index >= 15 is 0 Å². The number of anilines is 2. The summed E-state index contributed by atoms with van der Waals surface area (Å²) in [5, 5.41) is 10.6. The fraction of sp³-hybridized carbons (Fsp3) is 0.179. The van der Waals surface area contributed by atoms with Crippen molar-refractivity contribution >= 4 is 40.8 Å². The van der Waals surface area contributed by atoms with E-state index in [1.54, 1.807) is 23.9 Å². The third-order valence-corrected chi connectivity index (χ3v) is 7.37. The molecule has 1 aliphatic rings. The molecule has 1 aliphatic heterocycles. The number of rotatable bonds is 7. The topological polar surface area (TPSA) is 69.6 Å². The Labute approximate surface area is 219 Å². The molecule has 36 heavy (non-hydrogen) atoms. The largest absolute Gasteiger partial charge is 0.478 e. The SMILES string of the molecule is O=C(O)c1ccc(CSc2nc(-c3ccccc3)cc(N3CCN(c4ccccc4Cl)CC3)n2)cc1. The standard InChI is InChI=1S/C28H25ClN4O2S/c29-23-8-4-5-9-25(23)32-14-16-33(17-15-32)26-18-24(21-6-2-1-3-7-21)30-28(31-26)36-19-20-10-12-22(13-11-20)27(34)35/h1-13,18H,14-17,19H2,(H,34,35). The van der Waals surface area contributed by atoms with E-state index in [0.29, 0.717) is 10.9 Å². The van der Waals surface area contributed by atoms with Crippen molar-refractivity contribution in [3.8, 4) is 11.3 Å². The first-order valence-electron chi connectivity index (χ1n) is 11.7. The number of halogens is 1. The predicted molar refractivity (Wildman–Crippen MR) is 146 cm³/mol. The van der Waals surface area contributed by atoms with Crippen LogP contribution in [0.3, 0.4) is 0 Å². The molecular weight excluding hydrogens is 492 g/mol. The minimum Gasteiger partial charge on any atom is -0.478 e. The maximum atomic E-state index is 11.1. The fourth-order valence-electron chi connectivity index (χ4n) is 4.17. The molecule has 0 unspecified atom stereocenters. The second kappa shape index (κ2) is 11.0. The van der Waals surface area contributed by atoms with Crippen LogP contribution < -0.4 is 9.80 Å². The highest BCUT2D eigenvalue weighted by Crippen LogP contribution is 2.30. The summed E-state index contributed by atoms with van der Waals surface area (Å²) in [5.41, 5.74) is 4.30. The van der Waals surface area contributed by atoms with Gasteiger partial charge in [0.15, 0.2) is 5.16 Å². The number of thioether (sulfide) groups is 1. The van der Waals surface area contributed by atoms with Crippen LogP contribution in [0.5, 0.6) is 0 Å². The highest BCUT2D eigenvalue weighted by molar-refractivity contribution is 7.98. The summed E-state index contributed by atoms with van der Waals surface area (Å²) in [7, 11) is 0. The lowest BCUT2D eigenvalue weighted by Crippen LogP contribution is -2.47. The van der Waals surface area contributed by atoms with Gasteiger partial charge >= 0.3 is 5.97 Å². The number of carboxylic acid groups (broad SMARTS) is 1. The number of hydrogen-bond acceptors (Lipinski definition) is 6. The van der Waals surface area contributed by atoms with Crippen LogP contribution in [0.1, 0.15) is 15.9 Å². The van der Waals surface area contributed by atoms with E-state index in [-0.39, 0.29) is 5.56 Å². The van der Waals surface area contributed by atoms with Crippen molar-refractivity contribution < 1.29 is 9.90 Å². The molecule has 0 spiro atoms. The Hall–Kier alpha value is -3.55. The third kappa shape index (κ3) is 5.64. The number of piperazine rings is 1. The molecule has 0 aliphatic carbocycles. The Morgan fingerprint density at radius 3 is 2.22 bits per heavy atom. The van der Waals surface area contributed by atoms with Crippen LogP contribution in [0, 0.1) is 0 Å². The maximum absolute atomic E-state index is 11.1. The zero-order valence-electron chi connectivity index (χ0n) is 19.5. The zero-order chi connectivity index (χ0) is 24.9. The van der Waals surface area contributed by atoms with Crippen molar-refractivity contribution in [1.29, 1.82) is 0 Å². The van der Waals surface area contributed by atoms with Crippen LogP contribution >= 0.6 is 23.4 Å². The molecule has 0 bridgehead atoms. The Kier molecular flexibility index (Phi) is 7.39. The van der Waals surface area contributed by atoms with Gasteiger partial charge in [-0.15, -0.1) is 0 Å². The molecule has 1 aromatic heterocycles. The smallest absolute Gasteiger partial charge is 0.335 e. The van der Waals surface area contributed by atoms with Crippen molar-refractivity contribution in [2.45, 2.75) is 10.9 Å². The number of hydrogen-bond donors (Lipinski definition) is 1. The molecule has 0 atom stereocenters. The Morgan fingerprint density at radius 1 is 0.861 bits per heavy atom.